The van der Waals surface area contributed by atoms with Crippen molar-refractivity contribution in [1.82, 2.24) is 14.5 Å². The van der Waals surface area contributed by atoms with Crippen LogP contribution in [0.1, 0.15) is 31.9 Å². The Labute approximate surface area is 96.9 Å². The van der Waals surface area contributed by atoms with Crippen LogP contribution in [0, 0.1) is 0 Å². The third-order valence-electron chi connectivity index (χ3n) is 3.21. The number of hydrogen-bond acceptors (Lipinski definition) is 3. The monoisotopic (exact) mass is 223 g/mol. The van der Waals surface area contributed by atoms with E-state index in [2.05, 4.69) is 21.4 Å². The van der Waals surface area contributed by atoms with Gasteiger partial charge in [0.2, 0.25) is 0 Å². The average molecular weight is 223 g/mol. The van der Waals surface area contributed by atoms with Crippen LogP contribution >= 0.6 is 0 Å². The molecule has 0 amide bonds. The number of aliphatic hydroxyl groups excluding tert-OH is 1. The minimum atomic E-state index is -0.0863. The Balaban J connectivity index is 1.90. The van der Waals surface area contributed by atoms with Gasteiger partial charge in [-0.25, -0.2) is 4.98 Å². The third-order valence-corrected chi connectivity index (χ3v) is 3.21. The summed E-state index contributed by atoms with van der Waals surface area (Å²) in [4.78, 5) is 6.61. The Morgan fingerprint density at radius 3 is 2.88 bits per heavy atom. The van der Waals surface area contributed by atoms with Gasteiger partial charge in [-0.15, -0.1) is 0 Å². The summed E-state index contributed by atoms with van der Waals surface area (Å²) in [5, 5.41) is 9.45. The van der Waals surface area contributed by atoms with Crippen molar-refractivity contribution in [3.63, 3.8) is 0 Å². The van der Waals surface area contributed by atoms with Crippen LogP contribution < -0.4 is 0 Å². The van der Waals surface area contributed by atoms with Crippen molar-refractivity contribution in [2.45, 2.75) is 45.4 Å². The molecule has 2 heterocycles. The van der Waals surface area contributed by atoms with Crippen molar-refractivity contribution in [1.29, 1.82) is 0 Å². The number of hydrogen-bond donors (Lipinski definition) is 1. The van der Waals surface area contributed by atoms with Crippen molar-refractivity contribution < 1.29 is 5.11 Å². The molecule has 0 saturated carbocycles. The first-order chi connectivity index (χ1) is 7.79. The van der Waals surface area contributed by atoms with Crippen LogP contribution in [0.15, 0.2) is 12.5 Å². The van der Waals surface area contributed by atoms with Crippen LogP contribution in [0.5, 0.6) is 0 Å². The smallest absolute Gasteiger partial charge is 0.0948 e. The topological polar surface area (TPSA) is 41.3 Å². The molecule has 0 bridgehead atoms. The third kappa shape index (κ3) is 2.83. The van der Waals surface area contributed by atoms with Crippen LogP contribution in [-0.2, 0) is 13.1 Å². The van der Waals surface area contributed by atoms with E-state index in [1.165, 1.54) is 5.69 Å². The molecule has 1 aromatic rings. The summed E-state index contributed by atoms with van der Waals surface area (Å²) in [5.41, 5.74) is 1.29. The molecular formula is C12H21N3O. The molecule has 1 N–H and O–H groups in total. The zero-order valence-corrected chi connectivity index (χ0v) is 9.97. The van der Waals surface area contributed by atoms with E-state index in [9.17, 15) is 5.11 Å². The summed E-state index contributed by atoms with van der Waals surface area (Å²) in [5.74, 6) is 0. The normalized spacial score (nSPS) is 19.1. The van der Waals surface area contributed by atoms with Crippen LogP contribution in [0.2, 0.25) is 0 Å². The summed E-state index contributed by atoms with van der Waals surface area (Å²) in [6.45, 7) is 6.19. The fourth-order valence-electron chi connectivity index (χ4n) is 2.23. The number of nitrogens with zero attached hydrogens (tertiary/aromatic N) is 3. The number of piperidine rings is 1. The van der Waals surface area contributed by atoms with Gasteiger partial charge in [-0.05, 0) is 19.3 Å². The first-order valence-electron chi connectivity index (χ1n) is 6.19. The lowest BCUT2D eigenvalue weighted by molar-refractivity contribution is 0.0781. The fraction of sp³-hybridized carbons (Fsp3) is 0.750. The Morgan fingerprint density at radius 1 is 1.44 bits per heavy atom. The average Bonchev–Trinajstić information content (AvgIpc) is 2.70. The SMILES string of the molecule is CCCn1cncc1CN1CCC(O)CC1. The molecule has 0 radical (unpaired) electrons. The maximum atomic E-state index is 9.45. The van der Waals surface area contributed by atoms with Gasteiger partial charge in [-0.3, -0.25) is 4.90 Å². The predicted octanol–water partition coefficient (Wildman–Crippen LogP) is 1.25. The highest BCUT2D eigenvalue weighted by Gasteiger charge is 2.17. The number of aromatic nitrogens is 2. The van der Waals surface area contributed by atoms with Gasteiger partial charge >= 0.3 is 0 Å². The summed E-state index contributed by atoms with van der Waals surface area (Å²) < 4.78 is 2.23. The standard InChI is InChI=1S/C12H21N3O/c1-2-5-15-10-13-8-11(15)9-14-6-3-12(16)4-7-14/h8,10,12,16H,2-7,9H2,1H3. The molecular weight excluding hydrogens is 202 g/mol. The zero-order valence-electron chi connectivity index (χ0n) is 9.97. The first kappa shape index (κ1) is 11.6. The van der Waals surface area contributed by atoms with E-state index in [0.29, 0.717) is 0 Å². The lowest BCUT2D eigenvalue weighted by Gasteiger charge is -2.29. The zero-order chi connectivity index (χ0) is 11.4. The van der Waals surface area contributed by atoms with Gasteiger partial charge < -0.3 is 9.67 Å². The predicted molar refractivity (Wildman–Crippen MR) is 63.0 cm³/mol. The number of aliphatic hydroxyl groups is 1. The van der Waals surface area contributed by atoms with E-state index in [4.69, 9.17) is 0 Å². The van der Waals surface area contributed by atoms with E-state index in [1.54, 1.807) is 0 Å². The van der Waals surface area contributed by atoms with Gasteiger partial charge in [0.1, 0.15) is 0 Å². The van der Waals surface area contributed by atoms with E-state index in [1.807, 2.05) is 12.5 Å². The summed E-state index contributed by atoms with van der Waals surface area (Å²) in [6.07, 6.45) is 6.74. The minimum absolute atomic E-state index is 0.0863. The van der Waals surface area contributed by atoms with E-state index in [-0.39, 0.29) is 6.10 Å². The van der Waals surface area contributed by atoms with Crippen LogP contribution in [-0.4, -0.2) is 38.8 Å². The molecule has 0 unspecified atom stereocenters. The molecule has 4 nitrogen and oxygen atoms in total. The summed E-state index contributed by atoms with van der Waals surface area (Å²) >= 11 is 0. The maximum Gasteiger partial charge on any atom is 0.0948 e. The number of aryl methyl sites for hydroxylation is 1. The van der Waals surface area contributed by atoms with Gasteiger partial charge in [-0.2, -0.15) is 0 Å². The molecule has 1 fully saturated rings. The van der Waals surface area contributed by atoms with E-state index < -0.39 is 0 Å². The highest BCUT2D eigenvalue weighted by molar-refractivity contribution is 4.98. The Morgan fingerprint density at radius 2 is 2.19 bits per heavy atom. The molecule has 1 aromatic heterocycles. The second-order valence-corrected chi connectivity index (χ2v) is 4.59. The van der Waals surface area contributed by atoms with Gasteiger partial charge in [0.25, 0.3) is 0 Å². The Hall–Kier alpha value is -0.870. The molecule has 0 atom stereocenters. The van der Waals surface area contributed by atoms with Crippen molar-refractivity contribution in [3.8, 4) is 0 Å². The molecule has 16 heavy (non-hydrogen) atoms. The molecule has 1 saturated heterocycles. The second-order valence-electron chi connectivity index (χ2n) is 4.59. The second kappa shape index (κ2) is 5.46. The maximum absolute atomic E-state index is 9.45. The Kier molecular flexibility index (Phi) is 3.96. The fourth-order valence-corrected chi connectivity index (χ4v) is 2.23. The van der Waals surface area contributed by atoms with Crippen molar-refractivity contribution in [2.75, 3.05) is 13.1 Å². The Bertz CT molecular complexity index is 316. The van der Waals surface area contributed by atoms with E-state index in [0.717, 1.165) is 45.4 Å². The first-order valence-corrected chi connectivity index (χ1v) is 6.19. The molecule has 0 aliphatic carbocycles. The number of rotatable bonds is 4. The van der Waals surface area contributed by atoms with Crippen LogP contribution in [0.25, 0.3) is 0 Å². The summed E-state index contributed by atoms with van der Waals surface area (Å²) in [7, 11) is 0. The van der Waals surface area contributed by atoms with Crippen LogP contribution in [0.4, 0.5) is 0 Å². The van der Waals surface area contributed by atoms with Gasteiger partial charge in [0, 0.05) is 32.4 Å². The van der Waals surface area contributed by atoms with E-state index >= 15 is 0 Å². The largest absolute Gasteiger partial charge is 0.393 e. The molecule has 90 valence electrons. The molecule has 0 spiro atoms. The van der Waals surface area contributed by atoms with Crippen molar-refractivity contribution in [3.05, 3.63) is 18.2 Å². The highest BCUT2D eigenvalue weighted by atomic mass is 16.3. The molecule has 2 rings (SSSR count). The van der Waals surface area contributed by atoms with Gasteiger partial charge in [0.05, 0.1) is 18.1 Å². The number of imidazole rings is 1. The lowest BCUT2D eigenvalue weighted by atomic mass is 10.1. The molecule has 1 aliphatic rings. The summed E-state index contributed by atoms with van der Waals surface area (Å²) in [6, 6.07) is 0. The van der Waals surface area contributed by atoms with Gasteiger partial charge in [0.15, 0.2) is 0 Å². The van der Waals surface area contributed by atoms with Crippen LogP contribution in [0.3, 0.4) is 0 Å². The molecule has 4 heteroatoms. The number of likely N-dealkylation sites (tertiary alicyclic amines) is 1. The highest BCUT2D eigenvalue weighted by Crippen LogP contribution is 2.13. The molecule has 1 aliphatic heterocycles. The quantitative estimate of drug-likeness (QED) is 0.835. The van der Waals surface area contributed by atoms with Crippen molar-refractivity contribution in [2.24, 2.45) is 0 Å². The van der Waals surface area contributed by atoms with Crippen molar-refractivity contribution >= 4 is 0 Å². The van der Waals surface area contributed by atoms with Gasteiger partial charge in [-0.1, -0.05) is 6.92 Å². The molecule has 0 aromatic carbocycles. The lowest BCUT2D eigenvalue weighted by Crippen LogP contribution is -2.35. The minimum Gasteiger partial charge on any atom is -0.393 e.